The van der Waals surface area contributed by atoms with Gasteiger partial charge in [0.05, 0.1) is 5.92 Å². The van der Waals surface area contributed by atoms with Gasteiger partial charge in [0.1, 0.15) is 6.54 Å². The summed E-state index contributed by atoms with van der Waals surface area (Å²) < 4.78 is 5.38. The maximum atomic E-state index is 13.5. The molecule has 0 spiro atoms. The quantitative estimate of drug-likeness (QED) is 0.551. The highest BCUT2D eigenvalue weighted by atomic mass is 35.5. The van der Waals surface area contributed by atoms with E-state index >= 15 is 0 Å². The van der Waals surface area contributed by atoms with E-state index in [0.29, 0.717) is 17.4 Å². The van der Waals surface area contributed by atoms with Crippen molar-refractivity contribution in [3.63, 3.8) is 0 Å². The van der Waals surface area contributed by atoms with Crippen LogP contribution in [0.15, 0.2) is 59.1 Å². The molecular formula is C24H23ClN4O3. The standard InChI is InChI=1S/C24H23ClN4O3/c25-18-12-10-16(11-13-18)14-28-20-9-5-4-8-19(20)23(30)29(24(28)31)15-21-26-22(27-32-21)17-6-2-1-3-7-17/h1-3,6-7,10-13,19-20H,4-5,8-9,14-15H2. The number of urea groups is 1. The van der Waals surface area contributed by atoms with Crippen LogP contribution < -0.4 is 0 Å². The van der Waals surface area contributed by atoms with Gasteiger partial charge in [0, 0.05) is 23.2 Å². The number of hydrogen-bond donors (Lipinski definition) is 0. The molecule has 2 unspecified atom stereocenters. The van der Waals surface area contributed by atoms with E-state index in [9.17, 15) is 9.59 Å². The lowest BCUT2D eigenvalue weighted by Gasteiger charge is -2.46. The van der Waals surface area contributed by atoms with Gasteiger partial charge >= 0.3 is 6.03 Å². The Labute approximate surface area is 191 Å². The van der Waals surface area contributed by atoms with Crippen LogP contribution in [0.3, 0.4) is 0 Å². The Morgan fingerprint density at radius 2 is 1.72 bits per heavy atom. The molecule has 1 aliphatic carbocycles. The average Bonchev–Trinajstić information content (AvgIpc) is 3.30. The normalized spacial score (nSPS) is 21.0. The number of amides is 3. The van der Waals surface area contributed by atoms with E-state index in [-0.39, 0.29) is 36.3 Å². The molecule has 0 N–H and O–H groups in total. The van der Waals surface area contributed by atoms with Crippen molar-refractivity contribution >= 4 is 23.5 Å². The van der Waals surface area contributed by atoms with Crippen LogP contribution in [-0.2, 0) is 17.9 Å². The van der Waals surface area contributed by atoms with Gasteiger partial charge in [-0.25, -0.2) is 4.79 Å². The first-order valence-electron chi connectivity index (χ1n) is 10.8. The van der Waals surface area contributed by atoms with Crippen LogP contribution in [0.5, 0.6) is 0 Å². The minimum atomic E-state index is -0.312. The van der Waals surface area contributed by atoms with Gasteiger partial charge in [0.2, 0.25) is 17.6 Å². The summed E-state index contributed by atoms with van der Waals surface area (Å²) >= 11 is 6.02. The molecule has 3 amide bonds. The zero-order valence-corrected chi connectivity index (χ0v) is 18.2. The Kier molecular flexibility index (Phi) is 5.66. The summed E-state index contributed by atoms with van der Waals surface area (Å²) in [4.78, 5) is 34.2. The smallest absolute Gasteiger partial charge is 0.327 e. The van der Waals surface area contributed by atoms with Gasteiger partial charge in [-0.1, -0.05) is 72.1 Å². The Morgan fingerprint density at radius 3 is 2.50 bits per heavy atom. The second-order valence-corrected chi connectivity index (χ2v) is 8.73. The van der Waals surface area contributed by atoms with Crippen LogP contribution >= 0.6 is 11.6 Å². The predicted octanol–water partition coefficient (Wildman–Crippen LogP) is 4.91. The van der Waals surface area contributed by atoms with Crippen LogP contribution in [0.4, 0.5) is 4.79 Å². The van der Waals surface area contributed by atoms with E-state index in [0.717, 1.165) is 36.8 Å². The monoisotopic (exact) mass is 450 g/mol. The molecule has 32 heavy (non-hydrogen) atoms. The fourth-order valence-electron chi connectivity index (χ4n) is 4.64. The van der Waals surface area contributed by atoms with Gasteiger partial charge < -0.3 is 9.42 Å². The van der Waals surface area contributed by atoms with E-state index < -0.39 is 0 Å². The van der Waals surface area contributed by atoms with Crippen molar-refractivity contribution in [2.75, 3.05) is 0 Å². The largest absolute Gasteiger partial charge is 0.337 e. The summed E-state index contributed by atoms with van der Waals surface area (Å²) in [7, 11) is 0. The molecule has 7 nitrogen and oxygen atoms in total. The Morgan fingerprint density at radius 1 is 0.969 bits per heavy atom. The summed E-state index contributed by atoms with van der Waals surface area (Å²) in [5.41, 5.74) is 1.79. The maximum absolute atomic E-state index is 13.5. The molecule has 1 saturated heterocycles. The second kappa shape index (κ2) is 8.74. The van der Waals surface area contributed by atoms with Crippen molar-refractivity contribution in [2.45, 2.75) is 44.8 Å². The Bertz CT molecular complexity index is 1120. The lowest BCUT2D eigenvalue weighted by molar-refractivity contribution is -0.141. The topological polar surface area (TPSA) is 79.5 Å². The van der Waals surface area contributed by atoms with Crippen molar-refractivity contribution in [1.29, 1.82) is 0 Å². The Hall–Kier alpha value is -3.19. The SMILES string of the molecule is O=C1C2CCCCC2N(Cc2ccc(Cl)cc2)C(=O)N1Cc1nc(-c2ccccc2)no1. The highest BCUT2D eigenvalue weighted by Gasteiger charge is 2.47. The van der Waals surface area contributed by atoms with Crippen LogP contribution in [-0.4, -0.2) is 37.9 Å². The number of benzene rings is 2. The number of halogens is 1. The summed E-state index contributed by atoms with van der Waals surface area (Å²) in [6.45, 7) is 0.401. The lowest BCUT2D eigenvalue weighted by Crippen LogP contribution is -2.61. The summed E-state index contributed by atoms with van der Waals surface area (Å²) in [5, 5.41) is 4.67. The third-order valence-electron chi connectivity index (χ3n) is 6.25. The first-order chi connectivity index (χ1) is 15.6. The lowest BCUT2D eigenvalue weighted by atomic mass is 9.81. The summed E-state index contributed by atoms with van der Waals surface area (Å²) in [5.74, 6) is 0.328. The van der Waals surface area contributed by atoms with Crippen molar-refractivity contribution in [3.05, 3.63) is 71.1 Å². The van der Waals surface area contributed by atoms with E-state index in [4.69, 9.17) is 16.1 Å². The van der Waals surface area contributed by atoms with Crippen molar-refractivity contribution < 1.29 is 14.1 Å². The first-order valence-corrected chi connectivity index (χ1v) is 11.2. The number of hydrogen-bond acceptors (Lipinski definition) is 5. The van der Waals surface area contributed by atoms with Gasteiger partial charge in [0.25, 0.3) is 0 Å². The van der Waals surface area contributed by atoms with E-state index in [1.54, 1.807) is 0 Å². The molecule has 2 aromatic carbocycles. The maximum Gasteiger partial charge on any atom is 0.327 e. The molecule has 8 heteroatoms. The minimum absolute atomic E-state index is 0.0299. The number of aromatic nitrogens is 2. The molecule has 1 aliphatic heterocycles. The molecule has 5 rings (SSSR count). The number of rotatable bonds is 5. The van der Waals surface area contributed by atoms with Crippen LogP contribution in [0.2, 0.25) is 5.02 Å². The minimum Gasteiger partial charge on any atom is -0.337 e. The number of carbonyl (C=O) groups is 2. The molecular weight excluding hydrogens is 428 g/mol. The fourth-order valence-corrected chi connectivity index (χ4v) is 4.77. The molecule has 2 aliphatic rings. The molecule has 3 aromatic rings. The fraction of sp³-hybridized carbons (Fsp3) is 0.333. The van der Waals surface area contributed by atoms with Crippen LogP contribution in [0.1, 0.15) is 37.1 Å². The van der Waals surface area contributed by atoms with Crippen molar-refractivity contribution in [3.8, 4) is 11.4 Å². The van der Waals surface area contributed by atoms with Crippen molar-refractivity contribution in [1.82, 2.24) is 19.9 Å². The average molecular weight is 451 g/mol. The third-order valence-corrected chi connectivity index (χ3v) is 6.50. The van der Waals surface area contributed by atoms with Crippen LogP contribution in [0.25, 0.3) is 11.4 Å². The zero-order valence-electron chi connectivity index (χ0n) is 17.5. The molecule has 2 atom stereocenters. The van der Waals surface area contributed by atoms with E-state index in [1.807, 2.05) is 59.5 Å². The van der Waals surface area contributed by atoms with Gasteiger partial charge in [0.15, 0.2) is 0 Å². The predicted molar refractivity (Wildman–Crippen MR) is 118 cm³/mol. The molecule has 1 aromatic heterocycles. The first kappa shape index (κ1) is 20.7. The highest BCUT2D eigenvalue weighted by molar-refractivity contribution is 6.30. The molecule has 0 radical (unpaired) electrons. The molecule has 164 valence electrons. The van der Waals surface area contributed by atoms with Gasteiger partial charge in [-0.3, -0.25) is 9.69 Å². The van der Waals surface area contributed by atoms with E-state index in [1.165, 1.54) is 4.90 Å². The molecule has 2 heterocycles. The summed E-state index contributed by atoms with van der Waals surface area (Å²) in [6.07, 6.45) is 3.62. The van der Waals surface area contributed by atoms with Gasteiger partial charge in [-0.15, -0.1) is 0 Å². The number of fused-ring (bicyclic) bond motifs is 1. The molecule has 1 saturated carbocycles. The second-order valence-electron chi connectivity index (χ2n) is 8.30. The Balaban J connectivity index is 1.40. The third kappa shape index (κ3) is 4.00. The molecule has 0 bridgehead atoms. The zero-order chi connectivity index (χ0) is 22.1. The number of nitrogens with zero attached hydrogens (tertiary/aromatic N) is 4. The number of carbonyl (C=O) groups excluding carboxylic acids is 2. The highest BCUT2D eigenvalue weighted by Crippen LogP contribution is 2.36. The van der Waals surface area contributed by atoms with Crippen LogP contribution in [0, 0.1) is 5.92 Å². The van der Waals surface area contributed by atoms with Gasteiger partial charge in [-0.2, -0.15) is 4.98 Å². The van der Waals surface area contributed by atoms with Gasteiger partial charge in [-0.05, 0) is 30.5 Å². The van der Waals surface area contributed by atoms with E-state index in [2.05, 4.69) is 10.1 Å². The summed E-state index contributed by atoms with van der Waals surface area (Å²) in [6, 6.07) is 16.5. The molecule has 2 fully saturated rings. The number of imide groups is 1. The van der Waals surface area contributed by atoms with Crippen molar-refractivity contribution in [2.24, 2.45) is 5.92 Å².